The molecule has 3 N–H and O–H groups in total. The van der Waals surface area contributed by atoms with E-state index in [0.717, 1.165) is 25.7 Å². The number of carbonyl (C=O) groups is 2. The fraction of sp³-hybridized carbons (Fsp3) is 0.846. The SMILES string of the molecule is COC(=O)CCCCCCNC(=O)[C@@H](N)C(C)C.Cl. The van der Waals surface area contributed by atoms with Gasteiger partial charge in [-0.1, -0.05) is 26.7 Å². The zero-order chi connectivity index (χ0) is 14.0. The van der Waals surface area contributed by atoms with Crippen molar-refractivity contribution in [3.05, 3.63) is 0 Å². The number of amides is 1. The molecule has 5 nitrogen and oxygen atoms in total. The maximum Gasteiger partial charge on any atom is 0.305 e. The van der Waals surface area contributed by atoms with Crippen LogP contribution in [0.25, 0.3) is 0 Å². The molecule has 0 fully saturated rings. The Hall–Kier alpha value is -0.810. The van der Waals surface area contributed by atoms with E-state index in [0.29, 0.717) is 13.0 Å². The molecule has 0 aromatic rings. The predicted molar refractivity (Wildman–Crippen MR) is 78.2 cm³/mol. The number of rotatable bonds is 9. The highest BCUT2D eigenvalue weighted by molar-refractivity contribution is 5.85. The lowest BCUT2D eigenvalue weighted by Gasteiger charge is -2.15. The quantitative estimate of drug-likeness (QED) is 0.500. The first-order valence-electron chi connectivity index (χ1n) is 6.59. The Bertz CT molecular complexity index is 260. The maximum atomic E-state index is 11.5. The standard InChI is InChI=1S/C13H26N2O3.ClH/c1-10(2)12(14)13(17)15-9-7-5-4-6-8-11(16)18-3;/h10,12H,4-9,14H2,1-3H3,(H,15,17);1H/t12-;/m0./s1. The van der Waals surface area contributed by atoms with Crippen LogP contribution in [0.1, 0.15) is 46.0 Å². The number of halogens is 1. The summed E-state index contributed by atoms with van der Waals surface area (Å²) in [5.74, 6) is -0.0872. The summed E-state index contributed by atoms with van der Waals surface area (Å²) in [5, 5.41) is 2.82. The van der Waals surface area contributed by atoms with Crippen LogP contribution in [0.15, 0.2) is 0 Å². The largest absolute Gasteiger partial charge is 0.469 e. The maximum absolute atomic E-state index is 11.5. The van der Waals surface area contributed by atoms with Crippen molar-refractivity contribution in [3.63, 3.8) is 0 Å². The van der Waals surface area contributed by atoms with Gasteiger partial charge in [-0.3, -0.25) is 9.59 Å². The minimum Gasteiger partial charge on any atom is -0.469 e. The Labute approximate surface area is 122 Å². The molecule has 0 saturated carbocycles. The molecule has 19 heavy (non-hydrogen) atoms. The van der Waals surface area contributed by atoms with Gasteiger partial charge in [0.15, 0.2) is 0 Å². The Morgan fingerprint density at radius 3 is 2.26 bits per heavy atom. The zero-order valence-corrected chi connectivity index (χ0v) is 12.9. The summed E-state index contributed by atoms with van der Waals surface area (Å²) >= 11 is 0. The molecule has 0 unspecified atom stereocenters. The van der Waals surface area contributed by atoms with E-state index in [4.69, 9.17) is 5.73 Å². The average Bonchev–Trinajstić information content (AvgIpc) is 2.35. The van der Waals surface area contributed by atoms with Gasteiger partial charge in [-0.15, -0.1) is 12.4 Å². The summed E-state index contributed by atoms with van der Waals surface area (Å²) < 4.78 is 4.55. The van der Waals surface area contributed by atoms with Crippen molar-refractivity contribution in [1.29, 1.82) is 0 Å². The van der Waals surface area contributed by atoms with Crippen LogP contribution in [0.2, 0.25) is 0 Å². The predicted octanol–water partition coefficient (Wildman–Crippen LogP) is 1.63. The summed E-state index contributed by atoms with van der Waals surface area (Å²) in [6, 6.07) is -0.427. The van der Waals surface area contributed by atoms with Gasteiger partial charge < -0.3 is 15.8 Å². The lowest BCUT2D eigenvalue weighted by Crippen LogP contribution is -2.44. The van der Waals surface area contributed by atoms with Gasteiger partial charge in [-0.25, -0.2) is 0 Å². The van der Waals surface area contributed by atoms with E-state index in [2.05, 4.69) is 10.1 Å². The van der Waals surface area contributed by atoms with Gasteiger partial charge >= 0.3 is 5.97 Å². The molecule has 0 aromatic carbocycles. The van der Waals surface area contributed by atoms with Crippen LogP contribution in [0, 0.1) is 5.92 Å². The second-order valence-electron chi connectivity index (χ2n) is 4.80. The molecule has 114 valence electrons. The van der Waals surface area contributed by atoms with E-state index in [1.807, 2.05) is 13.8 Å². The van der Waals surface area contributed by atoms with Gasteiger partial charge in [0.25, 0.3) is 0 Å². The minimum absolute atomic E-state index is 0. The normalized spacial score (nSPS) is 11.6. The number of hydrogen-bond acceptors (Lipinski definition) is 4. The van der Waals surface area contributed by atoms with Crippen LogP contribution in [-0.2, 0) is 14.3 Å². The number of carbonyl (C=O) groups excluding carboxylic acids is 2. The van der Waals surface area contributed by atoms with Crippen LogP contribution >= 0.6 is 12.4 Å². The lowest BCUT2D eigenvalue weighted by molar-refractivity contribution is -0.140. The van der Waals surface area contributed by atoms with Crippen LogP contribution in [0.5, 0.6) is 0 Å². The molecule has 1 atom stereocenters. The second-order valence-corrected chi connectivity index (χ2v) is 4.80. The Kier molecular flexibility index (Phi) is 13.2. The zero-order valence-electron chi connectivity index (χ0n) is 12.1. The van der Waals surface area contributed by atoms with Crippen molar-refractivity contribution < 1.29 is 14.3 Å². The van der Waals surface area contributed by atoms with Crippen molar-refractivity contribution >= 4 is 24.3 Å². The summed E-state index contributed by atoms with van der Waals surface area (Å²) in [7, 11) is 1.40. The first kappa shape index (κ1) is 20.5. The molecule has 0 radical (unpaired) electrons. The van der Waals surface area contributed by atoms with E-state index < -0.39 is 6.04 Å². The highest BCUT2D eigenvalue weighted by Gasteiger charge is 2.15. The summed E-state index contributed by atoms with van der Waals surface area (Å²) in [6.45, 7) is 4.51. The molecule has 0 saturated heterocycles. The molecule has 0 rings (SSSR count). The molecule has 0 heterocycles. The van der Waals surface area contributed by atoms with E-state index in [-0.39, 0.29) is 30.2 Å². The van der Waals surface area contributed by atoms with Crippen molar-refractivity contribution in [2.24, 2.45) is 11.7 Å². The fourth-order valence-electron chi connectivity index (χ4n) is 1.48. The lowest BCUT2D eigenvalue weighted by atomic mass is 10.0. The molecule has 0 aliphatic carbocycles. The van der Waals surface area contributed by atoms with Gasteiger partial charge in [0.2, 0.25) is 5.91 Å². The topological polar surface area (TPSA) is 81.4 Å². The first-order valence-corrected chi connectivity index (χ1v) is 6.59. The van der Waals surface area contributed by atoms with Crippen LogP contribution < -0.4 is 11.1 Å². The van der Waals surface area contributed by atoms with Crippen LogP contribution in [-0.4, -0.2) is 31.6 Å². The molecule has 1 amide bonds. The number of esters is 1. The van der Waals surface area contributed by atoms with Gasteiger partial charge in [0.05, 0.1) is 13.2 Å². The number of nitrogens with one attached hydrogen (secondary N) is 1. The monoisotopic (exact) mass is 294 g/mol. The summed E-state index contributed by atoms with van der Waals surface area (Å²) in [6.07, 6.45) is 4.19. The van der Waals surface area contributed by atoms with Gasteiger partial charge in [0.1, 0.15) is 0 Å². The molecule has 0 spiro atoms. The van der Waals surface area contributed by atoms with Crippen molar-refractivity contribution in [1.82, 2.24) is 5.32 Å². The molecule has 0 aliphatic rings. The number of unbranched alkanes of at least 4 members (excludes halogenated alkanes) is 3. The third-order valence-corrected chi connectivity index (χ3v) is 2.86. The number of ether oxygens (including phenoxy) is 1. The molecular weight excluding hydrogens is 268 g/mol. The fourth-order valence-corrected chi connectivity index (χ4v) is 1.48. The number of methoxy groups -OCH3 is 1. The Morgan fingerprint density at radius 2 is 1.74 bits per heavy atom. The third-order valence-electron chi connectivity index (χ3n) is 2.86. The van der Waals surface area contributed by atoms with E-state index in [1.165, 1.54) is 7.11 Å². The first-order chi connectivity index (χ1) is 8.49. The molecule has 0 bridgehead atoms. The number of hydrogen-bond donors (Lipinski definition) is 2. The summed E-state index contributed by atoms with van der Waals surface area (Å²) in [4.78, 5) is 22.3. The van der Waals surface area contributed by atoms with Crippen LogP contribution in [0.4, 0.5) is 0 Å². The molecular formula is C13H27ClN2O3. The highest BCUT2D eigenvalue weighted by atomic mass is 35.5. The molecule has 6 heteroatoms. The highest BCUT2D eigenvalue weighted by Crippen LogP contribution is 2.03. The van der Waals surface area contributed by atoms with Gasteiger partial charge in [-0.2, -0.15) is 0 Å². The average molecular weight is 295 g/mol. The van der Waals surface area contributed by atoms with E-state index >= 15 is 0 Å². The van der Waals surface area contributed by atoms with E-state index in [9.17, 15) is 9.59 Å². The van der Waals surface area contributed by atoms with Crippen LogP contribution in [0.3, 0.4) is 0 Å². The van der Waals surface area contributed by atoms with E-state index in [1.54, 1.807) is 0 Å². The smallest absolute Gasteiger partial charge is 0.305 e. The third kappa shape index (κ3) is 10.8. The molecule has 0 aliphatic heterocycles. The summed E-state index contributed by atoms with van der Waals surface area (Å²) in [5.41, 5.74) is 5.71. The second kappa shape index (κ2) is 12.2. The van der Waals surface area contributed by atoms with Gasteiger partial charge in [-0.05, 0) is 18.8 Å². The Morgan fingerprint density at radius 1 is 1.16 bits per heavy atom. The van der Waals surface area contributed by atoms with Gasteiger partial charge in [0, 0.05) is 13.0 Å². The van der Waals surface area contributed by atoms with Crippen molar-refractivity contribution in [2.75, 3.05) is 13.7 Å². The molecule has 0 aromatic heterocycles. The van der Waals surface area contributed by atoms with Crippen molar-refractivity contribution in [3.8, 4) is 0 Å². The van der Waals surface area contributed by atoms with Crippen molar-refractivity contribution in [2.45, 2.75) is 52.0 Å². The minimum atomic E-state index is -0.427. The Balaban J connectivity index is 0. The number of nitrogens with two attached hydrogens (primary N) is 1.